The van der Waals surface area contributed by atoms with Gasteiger partial charge in [-0.05, 0) is 26.4 Å². The van der Waals surface area contributed by atoms with Crippen LogP contribution in [0.15, 0.2) is 0 Å². The van der Waals surface area contributed by atoms with E-state index in [1.54, 1.807) is 0 Å². The molecule has 0 saturated carbocycles. The molecule has 3 heteroatoms. The molecule has 0 unspecified atom stereocenters. The first-order chi connectivity index (χ1) is 9.31. The molecule has 0 aromatic carbocycles. The Bertz CT molecular complexity index is 195. The number of nitrogens with one attached hydrogen (secondary N) is 2. The lowest BCUT2D eigenvalue weighted by Gasteiger charge is -2.04. The summed E-state index contributed by atoms with van der Waals surface area (Å²) in [6.45, 7) is 3.92. The number of unbranched alkanes of at least 4 members (excludes halogenated alkanes) is 9. The van der Waals surface area contributed by atoms with E-state index in [-0.39, 0.29) is 5.91 Å². The molecule has 0 bridgehead atoms. The Labute approximate surface area is 119 Å². The van der Waals surface area contributed by atoms with E-state index in [9.17, 15) is 4.79 Å². The van der Waals surface area contributed by atoms with Crippen molar-refractivity contribution in [3.63, 3.8) is 0 Å². The molecule has 0 heterocycles. The first-order valence-corrected chi connectivity index (χ1v) is 8.22. The van der Waals surface area contributed by atoms with E-state index >= 15 is 0 Å². The normalized spacial score (nSPS) is 10.6. The molecule has 0 spiro atoms. The summed E-state index contributed by atoms with van der Waals surface area (Å²) in [6, 6.07) is 0. The first-order valence-electron chi connectivity index (χ1n) is 8.22. The van der Waals surface area contributed by atoms with Crippen molar-refractivity contribution in [1.82, 2.24) is 10.6 Å². The minimum atomic E-state index is 0.179. The summed E-state index contributed by atoms with van der Waals surface area (Å²) >= 11 is 0. The first kappa shape index (κ1) is 18.4. The van der Waals surface area contributed by atoms with Gasteiger partial charge in [0.25, 0.3) is 0 Å². The molecular weight excluding hydrogens is 236 g/mol. The van der Waals surface area contributed by atoms with E-state index in [0.29, 0.717) is 6.42 Å². The zero-order chi connectivity index (χ0) is 14.2. The smallest absolute Gasteiger partial charge is 0.219 e. The number of hydrogen-bond donors (Lipinski definition) is 2. The van der Waals surface area contributed by atoms with Crippen LogP contribution in [-0.2, 0) is 4.79 Å². The standard InChI is InChI=1S/C16H34N2O/c1-3-16(19)18-15-13-11-9-7-5-4-6-8-10-12-14-17-2/h17H,3-15H2,1-2H3,(H,18,19). The number of carbonyl (C=O) groups excluding carboxylic acids is 1. The minimum absolute atomic E-state index is 0.179. The van der Waals surface area contributed by atoms with Crippen LogP contribution in [0.1, 0.15) is 77.6 Å². The summed E-state index contributed by atoms with van der Waals surface area (Å²) in [4.78, 5) is 11.0. The van der Waals surface area contributed by atoms with Crippen molar-refractivity contribution in [2.75, 3.05) is 20.1 Å². The van der Waals surface area contributed by atoms with Crippen LogP contribution in [0.2, 0.25) is 0 Å². The molecule has 0 atom stereocenters. The summed E-state index contributed by atoms with van der Waals surface area (Å²) in [6.07, 6.45) is 13.9. The summed E-state index contributed by atoms with van der Waals surface area (Å²) in [5, 5.41) is 6.11. The third-order valence-corrected chi connectivity index (χ3v) is 3.50. The predicted octanol–water partition coefficient (Wildman–Crippen LogP) is 3.63. The maximum absolute atomic E-state index is 11.0. The second-order valence-corrected chi connectivity index (χ2v) is 5.34. The van der Waals surface area contributed by atoms with Crippen molar-refractivity contribution < 1.29 is 4.79 Å². The monoisotopic (exact) mass is 270 g/mol. The van der Waals surface area contributed by atoms with Gasteiger partial charge in [0.05, 0.1) is 0 Å². The lowest BCUT2D eigenvalue weighted by molar-refractivity contribution is -0.120. The van der Waals surface area contributed by atoms with Gasteiger partial charge in [0.2, 0.25) is 5.91 Å². The molecule has 0 aliphatic carbocycles. The van der Waals surface area contributed by atoms with Crippen LogP contribution in [0.25, 0.3) is 0 Å². The fraction of sp³-hybridized carbons (Fsp3) is 0.938. The molecule has 2 N–H and O–H groups in total. The van der Waals surface area contributed by atoms with Crippen molar-refractivity contribution in [3.8, 4) is 0 Å². The average molecular weight is 270 g/mol. The lowest BCUT2D eigenvalue weighted by atomic mass is 10.1. The van der Waals surface area contributed by atoms with E-state index in [4.69, 9.17) is 0 Å². The molecule has 0 aliphatic rings. The van der Waals surface area contributed by atoms with Crippen LogP contribution < -0.4 is 10.6 Å². The zero-order valence-corrected chi connectivity index (χ0v) is 13.1. The molecule has 0 aromatic rings. The number of hydrogen-bond acceptors (Lipinski definition) is 2. The highest BCUT2D eigenvalue weighted by Gasteiger charge is 1.96. The maximum Gasteiger partial charge on any atom is 0.219 e. The molecule has 0 aliphatic heterocycles. The fourth-order valence-electron chi connectivity index (χ4n) is 2.19. The Hall–Kier alpha value is -0.570. The van der Waals surface area contributed by atoms with E-state index in [0.717, 1.165) is 19.5 Å². The SMILES string of the molecule is CCC(=O)NCCCCCCCCCCCCNC. The molecule has 0 fully saturated rings. The Balaban J connectivity index is 2.97. The van der Waals surface area contributed by atoms with Gasteiger partial charge < -0.3 is 10.6 Å². The number of carbonyl (C=O) groups is 1. The van der Waals surface area contributed by atoms with Gasteiger partial charge in [-0.25, -0.2) is 0 Å². The Kier molecular flexibility index (Phi) is 15.0. The molecule has 0 aromatic heterocycles. The summed E-state index contributed by atoms with van der Waals surface area (Å²) in [7, 11) is 2.02. The molecule has 3 nitrogen and oxygen atoms in total. The molecule has 0 rings (SSSR count). The molecule has 1 amide bonds. The Morgan fingerprint density at radius 2 is 1.16 bits per heavy atom. The Morgan fingerprint density at radius 1 is 0.737 bits per heavy atom. The van der Waals surface area contributed by atoms with Crippen LogP contribution in [0, 0.1) is 0 Å². The van der Waals surface area contributed by atoms with Crippen LogP contribution in [0.4, 0.5) is 0 Å². The van der Waals surface area contributed by atoms with Crippen molar-refractivity contribution in [3.05, 3.63) is 0 Å². The molecule has 19 heavy (non-hydrogen) atoms. The number of amides is 1. The van der Waals surface area contributed by atoms with Crippen LogP contribution in [0.5, 0.6) is 0 Å². The molecular formula is C16H34N2O. The Morgan fingerprint density at radius 3 is 1.58 bits per heavy atom. The van der Waals surface area contributed by atoms with Gasteiger partial charge in [0, 0.05) is 13.0 Å². The van der Waals surface area contributed by atoms with Gasteiger partial charge in [0.1, 0.15) is 0 Å². The molecule has 114 valence electrons. The molecule has 0 saturated heterocycles. The van der Waals surface area contributed by atoms with E-state index in [1.165, 1.54) is 57.8 Å². The molecule has 0 radical (unpaired) electrons. The third kappa shape index (κ3) is 15.4. The lowest BCUT2D eigenvalue weighted by Crippen LogP contribution is -2.23. The predicted molar refractivity (Wildman–Crippen MR) is 83.4 cm³/mol. The summed E-state index contributed by atoms with van der Waals surface area (Å²) < 4.78 is 0. The zero-order valence-electron chi connectivity index (χ0n) is 13.1. The van der Waals surface area contributed by atoms with Crippen LogP contribution in [-0.4, -0.2) is 26.0 Å². The largest absolute Gasteiger partial charge is 0.356 e. The van der Waals surface area contributed by atoms with Crippen molar-refractivity contribution in [1.29, 1.82) is 0 Å². The van der Waals surface area contributed by atoms with Crippen molar-refractivity contribution >= 4 is 5.91 Å². The summed E-state index contributed by atoms with van der Waals surface area (Å²) in [5.41, 5.74) is 0. The minimum Gasteiger partial charge on any atom is -0.356 e. The van der Waals surface area contributed by atoms with Crippen LogP contribution >= 0.6 is 0 Å². The highest BCUT2D eigenvalue weighted by atomic mass is 16.1. The second kappa shape index (κ2) is 15.5. The van der Waals surface area contributed by atoms with Gasteiger partial charge in [-0.15, -0.1) is 0 Å². The summed E-state index contributed by atoms with van der Waals surface area (Å²) in [5.74, 6) is 0.179. The fourth-order valence-corrected chi connectivity index (χ4v) is 2.19. The quantitative estimate of drug-likeness (QED) is 0.473. The third-order valence-electron chi connectivity index (χ3n) is 3.50. The topological polar surface area (TPSA) is 41.1 Å². The van der Waals surface area contributed by atoms with Gasteiger partial charge in [0.15, 0.2) is 0 Å². The van der Waals surface area contributed by atoms with E-state index in [1.807, 2.05) is 14.0 Å². The number of rotatable bonds is 14. The van der Waals surface area contributed by atoms with Gasteiger partial charge >= 0.3 is 0 Å². The van der Waals surface area contributed by atoms with E-state index in [2.05, 4.69) is 10.6 Å². The van der Waals surface area contributed by atoms with Gasteiger partial charge in [-0.1, -0.05) is 58.3 Å². The highest BCUT2D eigenvalue weighted by Crippen LogP contribution is 2.10. The van der Waals surface area contributed by atoms with Crippen molar-refractivity contribution in [2.45, 2.75) is 77.6 Å². The van der Waals surface area contributed by atoms with Crippen LogP contribution in [0.3, 0.4) is 0 Å². The van der Waals surface area contributed by atoms with Gasteiger partial charge in [-0.3, -0.25) is 4.79 Å². The van der Waals surface area contributed by atoms with Crippen molar-refractivity contribution in [2.24, 2.45) is 0 Å². The maximum atomic E-state index is 11.0. The van der Waals surface area contributed by atoms with E-state index < -0.39 is 0 Å². The van der Waals surface area contributed by atoms with Gasteiger partial charge in [-0.2, -0.15) is 0 Å². The highest BCUT2D eigenvalue weighted by molar-refractivity contribution is 5.75. The average Bonchev–Trinajstić information content (AvgIpc) is 2.43. The second-order valence-electron chi connectivity index (χ2n) is 5.34.